The number of nitrogens with zero attached hydrogens (tertiary/aromatic N) is 1. The van der Waals surface area contributed by atoms with Crippen LogP contribution in [0.4, 0.5) is 0 Å². The number of rotatable bonds is 2. The maximum atomic E-state index is 11.8. The topological polar surface area (TPSA) is 91.8 Å². The lowest BCUT2D eigenvalue weighted by molar-refractivity contribution is -0.140. The standard InChI is InChI=1S/C8H13NO5S/c1-8(2)9(3)7(12)5(4-6(10)11)15(8,13)14/h5H,4H2,1-3H3,(H,10,11). The molecule has 1 aliphatic rings. The van der Waals surface area contributed by atoms with Gasteiger partial charge in [-0.25, -0.2) is 8.42 Å². The van der Waals surface area contributed by atoms with Crippen LogP contribution in [0.25, 0.3) is 0 Å². The van der Waals surface area contributed by atoms with Gasteiger partial charge in [0.05, 0.1) is 6.42 Å². The van der Waals surface area contributed by atoms with Crippen molar-refractivity contribution in [3.05, 3.63) is 0 Å². The number of hydrogen-bond acceptors (Lipinski definition) is 4. The van der Waals surface area contributed by atoms with Crippen molar-refractivity contribution in [3.8, 4) is 0 Å². The van der Waals surface area contributed by atoms with E-state index >= 15 is 0 Å². The summed E-state index contributed by atoms with van der Waals surface area (Å²) in [6, 6.07) is 0. The average molecular weight is 235 g/mol. The van der Waals surface area contributed by atoms with Crippen LogP contribution in [0.3, 0.4) is 0 Å². The normalized spacial score (nSPS) is 28.1. The fraction of sp³-hybridized carbons (Fsp3) is 0.750. The highest BCUT2D eigenvalue weighted by Crippen LogP contribution is 2.34. The molecule has 86 valence electrons. The summed E-state index contributed by atoms with van der Waals surface area (Å²) in [5.41, 5.74) is 0. The highest BCUT2D eigenvalue weighted by atomic mass is 32.2. The second kappa shape index (κ2) is 3.19. The fourth-order valence-corrected chi connectivity index (χ4v) is 3.46. The summed E-state index contributed by atoms with van der Waals surface area (Å²) in [7, 11) is -2.40. The quantitative estimate of drug-likeness (QED) is 0.693. The van der Waals surface area contributed by atoms with Crippen LogP contribution in [-0.4, -0.2) is 47.5 Å². The van der Waals surface area contributed by atoms with Crippen molar-refractivity contribution in [2.75, 3.05) is 7.05 Å². The van der Waals surface area contributed by atoms with Gasteiger partial charge in [-0.2, -0.15) is 0 Å². The van der Waals surface area contributed by atoms with Crippen LogP contribution in [0.2, 0.25) is 0 Å². The van der Waals surface area contributed by atoms with E-state index in [0.29, 0.717) is 0 Å². The molecule has 1 saturated heterocycles. The van der Waals surface area contributed by atoms with E-state index in [1.165, 1.54) is 20.9 Å². The molecule has 1 amide bonds. The Bertz CT molecular complexity index is 411. The summed E-state index contributed by atoms with van der Waals surface area (Å²) >= 11 is 0. The molecular weight excluding hydrogens is 222 g/mol. The summed E-state index contributed by atoms with van der Waals surface area (Å²) in [4.78, 5) is 21.8. The molecule has 0 saturated carbocycles. The van der Waals surface area contributed by atoms with Crippen molar-refractivity contribution in [1.82, 2.24) is 4.90 Å². The molecule has 1 aliphatic heterocycles. The third-order valence-electron chi connectivity index (χ3n) is 2.84. The lowest BCUT2D eigenvalue weighted by Gasteiger charge is -2.25. The summed E-state index contributed by atoms with van der Waals surface area (Å²) in [5, 5.41) is 7.10. The lowest BCUT2D eigenvalue weighted by Crippen LogP contribution is -2.41. The zero-order chi connectivity index (χ0) is 12.0. The molecule has 0 aromatic rings. The van der Waals surface area contributed by atoms with Crippen LogP contribution in [-0.2, 0) is 19.4 Å². The molecule has 1 heterocycles. The predicted octanol–water partition coefficient (Wildman–Crippen LogP) is -0.547. The number of carbonyl (C=O) groups excluding carboxylic acids is 1. The van der Waals surface area contributed by atoms with Crippen LogP contribution in [0.1, 0.15) is 20.3 Å². The Balaban J connectivity index is 3.22. The van der Waals surface area contributed by atoms with Gasteiger partial charge in [0.25, 0.3) is 0 Å². The van der Waals surface area contributed by atoms with Crippen molar-refractivity contribution < 1.29 is 23.1 Å². The minimum Gasteiger partial charge on any atom is -0.481 e. The zero-order valence-corrected chi connectivity index (χ0v) is 9.54. The van der Waals surface area contributed by atoms with Gasteiger partial charge < -0.3 is 10.0 Å². The van der Waals surface area contributed by atoms with E-state index in [2.05, 4.69) is 0 Å². The monoisotopic (exact) mass is 235 g/mol. The van der Waals surface area contributed by atoms with E-state index in [4.69, 9.17) is 5.11 Å². The number of carbonyl (C=O) groups is 2. The largest absolute Gasteiger partial charge is 0.481 e. The number of carboxylic acids is 1. The highest BCUT2D eigenvalue weighted by molar-refractivity contribution is 7.94. The Labute approximate surface area is 87.8 Å². The van der Waals surface area contributed by atoms with Crippen molar-refractivity contribution in [2.24, 2.45) is 0 Å². The fourth-order valence-electron chi connectivity index (χ4n) is 1.51. The van der Waals surface area contributed by atoms with Gasteiger partial charge in [0.1, 0.15) is 4.87 Å². The molecular formula is C8H13NO5S. The number of aliphatic carboxylic acids is 1. The van der Waals surface area contributed by atoms with E-state index in [0.717, 1.165) is 4.90 Å². The first-order valence-electron chi connectivity index (χ1n) is 4.35. The van der Waals surface area contributed by atoms with Gasteiger partial charge in [0.2, 0.25) is 5.91 Å². The Morgan fingerprint density at radius 3 is 2.27 bits per heavy atom. The summed E-state index contributed by atoms with van der Waals surface area (Å²) in [6.45, 7) is 2.78. The van der Waals surface area contributed by atoms with Crippen LogP contribution in [0.5, 0.6) is 0 Å². The minimum absolute atomic E-state index is 0.651. The first-order chi connectivity index (χ1) is 6.62. The first kappa shape index (κ1) is 12.0. The van der Waals surface area contributed by atoms with Gasteiger partial charge in [0, 0.05) is 7.05 Å². The third kappa shape index (κ3) is 1.50. The molecule has 0 aromatic carbocycles. The first-order valence-corrected chi connectivity index (χ1v) is 5.90. The Kier molecular flexibility index (Phi) is 2.55. The molecule has 0 aliphatic carbocycles. The second-order valence-corrected chi connectivity index (χ2v) is 6.63. The Morgan fingerprint density at radius 1 is 1.53 bits per heavy atom. The van der Waals surface area contributed by atoms with Crippen LogP contribution in [0, 0.1) is 0 Å². The molecule has 6 nitrogen and oxygen atoms in total. The van der Waals surface area contributed by atoms with Crippen molar-refractivity contribution in [2.45, 2.75) is 30.4 Å². The highest BCUT2D eigenvalue weighted by Gasteiger charge is 2.56. The van der Waals surface area contributed by atoms with Gasteiger partial charge in [0.15, 0.2) is 15.1 Å². The van der Waals surface area contributed by atoms with Crippen LogP contribution in [0.15, 0.2) is 0 Å². The molecule has 1 N–H and O–H groups in total. The number of carboxylic acid groups (broad SMARTS) is 1. The second-order valence-electron chi connectivity index (χ2n) is 3.98. The maximum Gasteiger partial charge on any atom is 0.305 e. The minimum atomic E-state index is -3.76. The van der Waals surface area contributed by atoms with E-state index in [1.54, 1.807) is 0 Å². The Morgan fingerprint density at radius 2 is 2.00 bits per heavy atom. The predicted molar refractivity (Wildman–Crippen MR) is 51.8 cm³/mol. The molecule has 15 heavy (non-hydrogen) atoms. The Hall–Kier alpha value is -1.11. The van der Waals surface area contributed by atoms with Crippen molar-refractivity contribution >= 4 is 21.7 Å². The van der Waals surface area contributed by atoms with Crippen LogP contribution < -0.4 is 0 Å². The average Bonchev–Trinajstić information content (AvgIpc) is 2.18. The van der Waals surface area contributed by atoms with Crippen molar-refractivity contribution in [1.29, 1.82) is 0 Å². The molecule has 1 rings (SSSR count). The molecule has 0 spiro atoms. The van der Waals surface area contributed by atoms with E-state index in [9.17, 15) is 18.0 Å². The summed E-state index contributed by atoms with van der Waals surface area (Å²) in [6.07, 6.45) is -0.672. The SMILES string of the molecule is CN1C(=O)C(CC(=O)O)S(=O)(=O)C1(C)C. The lowest BCUT2D eigenvalue weighted by atomic mass is 10.2. The van der Waals surface area contributed by atoms with E-state index in [-0.39, 0.29) is 0 Å². The van der Waals surface area contributed by atoms with Gasteiger partial charge in [-0.15, -0.1) is 0 Å². The molecule has 7 heteroatoms. The third-order valence-corrected chi connectivity index (χ3v) is 5.63. The molecule has 1 fully saturated rings. The van der Waals surface area contributed by atoms with E-state index in [1.807, 2.05) is 0 Å². The number of sulfone groups is 1. The molecule has 1 unspecified atom stereocenters. The van der Waals surface area contributed by atoms with Gasteiger partial charge >= 0.3 is 5.97 Å². The molecule has 0 aromatic heterocycles. The van der Waals surface area contributed by atoms with E-state index < -0.39 is 38.3 Å². The summed E-state index contributed by atoms with van der Waals surface area (Å²) in [5.74, 6) is -1.94. The van der Waals surface area contributed by atoms with Gasteiger partial charge in [-0.1, -0.05) is 0 Å². The molecule has 0 radical (unpaired) electrons. The molecule has 1 atom stereocenters. The number of amides is 1. The maximum absolute atomic E-state index is 11.8. The summed E-state index contributed by atoms with van der Waals surface area (Å²) < 4.78 is 23.7. The van der Waals surface area contributed by atoms with Crippen molar-refractivity contribution in [3.63, 3.8) is 0 Å². The smallest absolute Gasteiger partial charge is 0.305 e. The van der Waals surface area contributed by atoms with Gasteiger partial charge in [-0.3, -0.25) is 9.59 Å². The number of hydrogen-bond donors (Lipinski definition) is 1. The van der Waals surface area contributed by atoms with Crippen LogP contribution >= 0.6 is 0 Å². The zero-order valence-electron chi connectivity index (χ0n) is 8.72. The van der Waals surface area contributed by atoms with Gasteiger partial charge in [-0.05, 0) is 13.8 Å². The molecule has 0 bridgehead atoms.